The lowest BCUT2D eigenvalue weighted by Gasteiger charge is -2.20. The average molecular weight is 572 g/mol. The van der Waals surface area contributed by atoms with E-state index in [4.69, 9.17) is 9.47 Å². The number of nitrogens with zero attached hydrogens (tertiary/aromatic N) is 1. The summed E-state index contributed by atoms with van der Waals surface area (Å²) in [5.74, 6) is -1.17. The number of hydrogen-bond acceptors (Lipinski definition) is 4. The minimum absolute atomic E-state index is 0.0178. The first kappa shape index (κ1) is 30.4. The molecule has 41 heavy (non-hydrogen) atoms. The van der Waals surface area contributed by atoms with E-state index in [2.05, 4.69) is 16.4 Å². The number of halogens is 4. The van der Waals surface area contributed by atoms with Crippen LogP contribution in [0.5, 0.6) is 5.75 Å². The van der Waals surface area contributed by atoms with Crippen molar-refractivity contribution in [2.75, 3.05) is 33.4 Å². The third-order valence-electron chi connectivity index (χ3n) is 7.61. The highest BCUT2D eigenvalue weighted by Crippen LogP contribution is 2.44. The molecule has 4 rings (SSSR count). The molecule has 0 aromatic heterocycles. The monoisotopic (exact) mass is 571 g/mol. The molecule has 0 bridgehead atoms. The summed E-state index contributed by atoms with van der Waals surface area (Å²) >= 11 is 0. The lowest BCUT2D eigenvalue weighted by Crippen LogP contribution is -2.24. The van der Waals surface area contributed by atoms with Crippen LogP contribution in [0.2, 0.25) is 0 Å². The second-order valence-corrected chi connectivity index (χ2v) is 10.3. The molecule has 8 heteroatoms. The third-order valence-corrected chi connectivity index (χ3v) is 7.61. The Bertz CT molecular complexity index is 1320. The number of likely N-dealkylation sites (tertiary alicyclic amines) is 1. The van der Waals surface area contributed by atoms with E-state index in [0.29, 0.717) is 49.0 Å². The zero-order chi connectivity index (χ0) is 29.4. The lowest BCUT2D eigenvalue weighted by molar-refractivity contribution is -0.0769. The predicted octanol–water partition coefficient (Wildman–Crippen LogP) is 8.42. The van der Waals surface area contributed by atoms with Gasteiger partial charge in [0.05, 0.1) is 19.5 Å². The molecule has 1 saturated heterocycles. The van der Waals surface area contributed by atoms with E-state index in [1.54, 1.807) is 18.2 Å². The van der Waals surface area contributed by atoms with Gasteiger partial charge in [0.15, 0.2) is 23.1 Å². The van der Waals surface area contributed by atoms with Crippen LogP contribution in [0.3, 0.4) is 0 Å². The Balaban J connectivity index is 1.76. The molecule has 4 nitrogen and oxygen atoms in total. The molecular weight excluding hydrogens is 534 g/mol. The Morgan fingerprint density at radius 2 is 2.00 bits per heavy atom. The summed E-state index contributed by atoms with van der Waals surface area (Å²) in [7, 11) is 1.24. The van der Waals surface area contributed by atoms with Crippen molar-refractivity contribution in [3.05, 3.63) is 106 Å². The zero-order valence-corrected chi connectivity index (χ0v) is 23.7. The fourth-order valence-corrected chi connectivity index (χ4v) is 5.69. The highest BCUT2D eigenvalue weighted by atomic mass is 19.3. The molecular formula is C33H37F4NO3. The molecule has 0 spiro atoms. The van der Waals surface area contributed by atoms with E-state index in [9.17, 15) is 13.3 Å². The summed E-state index contributed by atoms with van der Waals surface area (Å²) in [6.45, 7) is 7.93. The Kier molecular flexibility index (Phi) is 10.7. The topological polar surface area (TPSA) is 30.9 Å². The first-order valence-corrected chi connectivity index (χ1v) is 14.0. The molecule has 1 atom stereocenters. The number of alkyl halides is 1. The molecule has 1 fully saturated rings. The summed E-state index contributed by atoms with van der Waals surface area (Å²) in [4.78, 5) is 6.26. The molecule has 0 saturated carbocycles. The minimum Gasteiger partial charge on any atom is -0.494 e. The molecule has 0 amide bonds. The maximum atomic E-state index is 15.6. The molecule has 1 aromatic carbocycles. The number of fused-ring (bicyclic) bond motifs is 1. The quantitative estimate of drug-likeness (QED) is 0.152. The summed E-state index contributed by atoms with van der Waals surface area (Å²) in [5.41, 5.74) is 4.04. The SMILES string of the molecule is C=C/C(=C\C=C(/C)O[C@H]1CCN(CCCF)C1)C1=C(c2ccc(F)c(OC)c2F)CCCC2=CC(OF)=CCC=C21. The Morgan fingerprint density at radius 1 is 1.17 bits per heavy atom. The van der Waals surface area contributed by atoms with Gasteiger partial charge in [0.2, 0.25) is 0 Å². The van der Waals surface area contributed by atoms with Gasteiger partial charge >= 0.3 is 0 Å². The summed E-state index contributed by atoms with van der Waals surface area (Å²) < 4.78 is 67.0. The molecule has 1 aliphatic heterocycles. The predicted molar refractivity (Wildman–Crippen MR) is 153 cm³/mol. The van der Waals surface area contributed by atoms with E-state index in [0.717, 1.165) is 42.8 Å². The Morgan fingerprint density at radius 3 is 2.73 bits per heavy atom. The summed E-state index contributed by atoms with van der Waals surface area (Å²) in [6.07, 6.45) is 14.3. The molecule has 1 aromatic rings. The van der Waals surface area contributed by atoms with Crippen LogP contribution in [0.1, 0.15) is 51.0 Å². The highest BCUT2D eigenvalue weighted by molar-refractivity contribution is 5.82. The first-order valence-electron chi connectivity index (χ1n) is 14.0. The molecule has 0 unspecified atom stereocenters. The number of ether oxygens (including phenoxy) is 2. The van der Waals surface area contributed by atoms with Gasteiger partial charge in [-0.05, 0) is 104 Å². The number of methoxy groups -OCH3 is 1. The van der Waals surface area contributed by atoms with Gasteiger partial charge in [0.1, 0.15) is 6.10 Å². The second-order valence-electron chi connectivity index (χ2n) is 10.3. The molecule has 1 heterocycles. The fraction of sp³-hybridized carbons (Fsp3) is 0.394. The third kappa shape index (κ3) is 7.22. The maximum Gasteiger partial charge on any atom is 0.190 e. The second kappa shape index (κ2) is 14.4. The van der Waals surface area contributed by atoms with Crippen LogP contribution >= 0.6 is 0 Å². The van der Waals surface area contributed by atoms with Gasteiger partial charge in [0, 0.05) is 29.7 Å². The van der Waals surface area contributed by atoms with E-state index < -0.39 is 17.4 Å². The van der Waals surface area contributed by atoms with Gasteiger partial charge in [-0.3, -0.25) is 14.2 Å². The standard InChI is InChI=1S/C33H37F4NO3/c1-4-23(13-12-22(2)40-26-16-19-38(21-26)18-7-17-34)31-27-10-6-9-25(41-37)20-24(27)8-5-11-28(31)29-14-15-30(35)33(39-3)32(29)36/h4,9-10,12-15,20,26H,1,5-8,11,16-19,21H2,2-3H3/b22-12+,23-13+/t26-/m0/s1. The van der Waals surface area contributed by atoms with Crippen molar-refractivity contribution in [3.63, 3.8) is 0 Å². The first-order chi connectivity index (χ1) is 19.9. The van der Waals surface area contributed by atoms with Crippen LogP contribution in [0.4, 0.5) is 17.7 Å². The highest BCUT2D eigenvalue weighted by Gasteiger charge is 2.27. The van der Waals surface area contributed by atoms with E-state index in [-0.39, 0.29) is 24.1 Å². The van der Waals surface area contributed by atoms with Crippen LogP contribution in [0.15, 0.2) is 89.0 Å². The maximum absolute atomic E-state index is 15.6. The number of hydrogen-bond donors (Lipinski definition) is 0. The van der Waals surface area contributed by atoms with E-state index >= 15 is 4.39 Å². The van der Waals surface area contributed by atoms with Crippen LogP contribution in [0.25, 0.3) is 5.57 Å². The fourth-order valence-electron chi connectivity index (χ4n) is 5.69. The smallest absolute Gasteiger partial charge is 0.190 e. The van der Waals surface area contributed by atoms with Crippen molar-refractivity contribution < 1.29 is 32.1 Å². The number of allylic oxidation sites excluding steroid dienone is 12. The minimum atomic E-state index is -0.780. The Labute approximate surface area is 239 Å². The van der Waals surface area contributed by atoms with Gasteiger partial charge in [0.25, 0.3) is 0 Å². The van der Waals surface area contributed by atoms with E-state index in [1.807, 2.05) is 25.2 Å². The Hall–Kier alpha value is -3.52. The van der Waals surface area contributed by atoms with Crippen LogP contribution in [-0.2, 0) is 9.68 Å². The van der Waals surface area contributed by atoms with Crippen molar-refractivity contribution in [1.29, 1.82) is 0 Å². The zero-order valence-electron chi connectivity index (χ0n) is 23.7. The van der Waals surface area contributed by atoms with Gasteiger partial charge < -0.3 is 9.47 Å². The number of rotatable bonds is 11. The molecule has 3 aliphatic rings. The summed E-state index contributed by atoms with van der Waals surface area (Å²) in [6, 6.07) is 2.64. The average Bonchev–Trinajstić information content (AvgIpc) is 3.21. The largest absolute Gasteiger partial charge is 0.494 e. The molecule has 0 N–H and O–H groups in total. The van der Waals surface area contributed by atoms with Gasteiger partial charge in [-0.25, -0.2) is 8.78 Å². The van der Waals surface area contributed by atoms with Crippen molar-refractivity contribution in [2.45, 2.75) is 51.6 Å². The summed E-state index contributed by atoms with van der Waals surface area (Å²) in [5, 5.41) is 0. The van der Waals surface area contributed by atoms with Crippen LogP contribution < -0.4 is 4.74 Å². The van der Waals surface area contributed by atoms with Crippen molar-refractivity contribution in [2.24, 2.45) is 0 Å². The molecule has 220 valence electrons. The van der Waals surface area contributed by atoms with Gasteiger partial charge in [-0.15, -0.1) is 0 Å². The van der Waals surface area contributed by atoms with Gasteiger partial charge in [-0.1, -0.05) is 24.8 Å². The molecule has 2 aliphatic carbocycles. The van der Waals surface area contributed by atoms with Crippen LogP contribution in [0, 0.1) is 11.6 Å². The normalized spacial score (nSPS) is 20.4. The number of benzene rings is 1. The van der Waals surface area contributed by atoms with Crippen molar-refractivity contribution >= 4 is 5.57 Å². The van der Waals surface area contributed by atoms with Crippen molar-refractivity contribution in [3.8, 4) is 5.75 Å². The molecule has 0 radical (unpaired) electrons. The van der Waals surface area contributed by atoms with Crippen LogP contribution in [-0.4, -0.2) is 44.4 Å². The lowest BCUT2D eigenvalue weighted by atomic mass is 9.85. The van der Waals surface area contributed by atoms with E-state index in [1.165, 1.54) is 19.2 Å². The van der Waals surface area contributed by atoms with Gasteiger partial charge in [-0.2, -0.15) is 0 Å². The van der Waals surface area contributed by atoms with Crippen molar-refractivity contribution in [1.82, 2.24) is 4.90 Å².